The fraction of sp³-hybridized carbons (Fsp3) is 0.538. The fourth-order valence-corrected chi connectivity index (χ4v) is 2.48. The number of methoxy groups -OCH3 is 1. The molecular formula is C13H20N2O3S. The minimum absolute atomic E-state index is 0.0838. The number of carbonyl (C=O) groups excluding carboxylic acids is 2. The molecule has 0 fully saturated rings. The quantitative estimate of drug-likeness (QED) is 0.812. The van der Waals surface area contributed by atoms with Crippen LogP contribution in [0.5, 0.6) is 0 Å². The monoisotopic (exact) mass is 284 g/mol. The molecular weight excluding hydrogens is 264 g/mol. The standard InChI is InChI=1S/C13H20N2O3S/c1-5-7(2)9(14)12(16)15-10-8(3)6-19-11(10)13(17)18-4/h6-7,9H,5,14H2,1-4H3,(H,15,16)/t7-,9-/m0/s1. The van der Waals surface area contributed by atoms with Crippen molar-refractivity contribution in [1.82, 2.24) is 0 Å². The number of esters is 1. The highest BCUT2D eigenvalue weighted by molar-refractivity contribution is 7.12. The Kier molecular flexibility index (Phi) is 5.50. The molecule has 3 N–H and O–H groups in total. The molecule has 1 heterocycles. The van der Waals surface area contributed by atoms with Crippen LogP contribution in [-0.2, 0) is 9.53 Å². The summed E-state index contributed by atoms with van der Waals surface area (Å²) < 4.78 is 4.69. The van der Waals surface area contributed by atoms with Crippen molar-refractivity contribution in [3.63, 3.8) is 0 Å². The first-order chi connectivity index (χ1) is 8.92. The molecule has 0 radical (unpaired) electrons. The Hall–Kier alpha value is -1.40. The average Bonchev–Trinajstić information content (AvgIpc) is 2.77. The minimum Gasteiger partial charge on any atom is -0.465 e. The Morgan fingerprint density at radius 1 is 1.53 bits per heavy atom. The zero-order valence-corrected chi connectivity index (χ0v) is 12.5. The molecule has 0 aromatic carbocycles. The van der Waals surface area contributed by atoms with Gasteiger partial charge in [-0.25, -0.2) is 4.79 Å². The molecule has 0 spiro atoms. The lowest BCUT2D eigenvalue weighted by Gasteiger charge is -2.18. The molecule has 1 aromatic rings. The molecule has 5 nitrogen and oxygen atoms in total. The van der Waals surface area contributed by atoms with E-state index in [0.29, 0.717) is 10.6 Å². The number of hydrogen-bond donors (Lipinski definition) is 2. The van der Waals surface area contributed by atoms with Gasteiger partial charge in [-0.15, -0.1) is 11.3 Å². The van der Waals surface area contributed by atoms with Gasteiger partial charge in [0.15, 0.2) is 0 Å². The Labute approximate surface area is 117 Å². The summed E-state index contributed by atoms with van der Waals surface area (Å²) >= 11 is 1.25. The van der Waals surface area contributed by atoms with Gasteiger partial charge in [-0.1, -0.05) is 20.3 Å². The molecule has 106 valence electrons. The van der Waals surface area contributed by atoms with Crippen molar-refractivity contribution in [1.29, 1.82) is 0 Å². The number of aryl methyl sites for hydroxylation is 1. The average molecular weight is 284 g/mol. The second-order valence-electron chi connectivity index (χ2n) is 4.51. The lowest BCUT2D eigenvalue weighted by molar-refractivity contribution is -0.118. The minimum atomic E-state index is -0.588. The van der Waals surface area contributed by atoms with E-state index in [0.717, 1.165) is 12.0 Å². The Balaban J connectivity index is 2.90. The molecule has 2 atom stereocenters. The molecule has 0 aliphatic carbocycles. The largest absolute Gasteiger partial charge is 0.465 e. The molecule has 0 aliphatic rings. The maximum absolute atomic E-state index is 12.0. The van der Waals surface area contributed by atoms with E-state index in [1.807, 2.05) is 20.8 Å². The number of amides is 1. The number of rotatable bonds is 5. The van der Waals surface area contributed by atoms with Gasteiger partial charge in [0.2, 0.25) is 5.91 Å². The lowest BCUT2D eigenvalue weighted by atomic mass is 9.99. The Morgan fingerprint density at radius 3 is 2.68 bits per heavy atom. The van der Waals surface area contributed by atoms with Crippen LogP contribution in [0.15, 0.2) is 5.38 Å². The van der Waals surface area contributed by atoms with Gasteiger partial charge in [0.05, 0.1) is 18.8 Å². The van der Waals surface area contributed by atoms with Gasteiger partial charge in [-0.3, -0.25) is 4.79 Å². The molecule has 0 saturated carbocycles. The van der Waals surface area contributed by atoms with Crippen molar-refractivity contribution in [3.8, 4) is 0 Å². The van der Waals surface area contributed by atoms with E-state index < -0.39 is 12.0 Å². The van der Waals surface area contributed by atoms with Crippen LogP contribution in [0.3, 0.4) is 0 Å². The highest BCUT2D eigenvalue weighted by Gasteiger charge is 2.23. The number of nitrogens with one attached hydrogen (secondary N) is 1. The number of nitrogens with two attached hydrogens (primary N) is 1. The van der Waals surface area contributed by atoms with Crippen LogP contribution in [0.2, 0.25) is 0 Å². The fourth-order valence-electron chi connectivity index (χ4n) is 1.56. The molecule has 0 bridgehead atoms. The third-order valence-electron chi connectivity index (χ3n) is 3.15. The van der Waals surface area contributed by atoms with Gasteiger partial charge in [-0.05, 0) is 23.8 Å². The summed E-state index contributed by atoms with van der Waals surface area (Å²) in [7, 11) is 1.31. The van der Waals surface area contributed by atoms with Gasteiger partial charge in [-0.2, -0.15) is 0 Å². The van der Waals surface area contributed by atoms with Crippen molar-refractivity contribution in [2.75, 3.05) is 12.4 Å². The van der Waals surface area contributed by atoms with Crippen LogP contribution >= 0.6 is 11.3 Å². The summed E-state index contributed by atoms with van der Waals surface area (Å²) in [6, 6.07) is -0.588. The first-order valence-electron chi connectivity index (χ1n) is 6.15. The predicted molar refractivity (Wildman–Crippen MR) is 76.5 cm³/mol. The van der Waals surface area contributed by atoms with Crippen molar-refractivity contribution in [2.24, 2.45) is 11.7 Å². The van der Waals surface area contributed by atoms with Crippen molar-refractivity contribution >= 4 is 28.9 Å². The van der Waals surface area contributed by atoms with Gasteiger partial charge < -0.3 is 15.8 Å². The van der Waals surface area contributed by atoms with Crippen molar-refractivity contribution in [3.05, 3.63) is 15.8 Å². The summed E-state index contributed by atoms with van der Waals surface area (Å²) in [5.74, 6) is -0.646. The van der Waals surface area contributed by atoms with Gasteiger partial charge in [0, 0.05) is 0 Å². The van der Waals surface area contributed by atoms with Crippen LogP contribution in [0.1, 0.15) is 35.5 Å². The molecule has 1 amide bonds. The first-order valence-corrected chi connectivity index (χ1v) is 7.03. The summed E-state index contributed by atoms with van der Waals surface area (Å²) in [5.41, 5.74) is 7.20. The van der Waals surface area contributed by atoms with E-state index in [4.69, 9.17) is 5.73 Å². The first kappa shape index (κ1) is 15.7. The summed E-state index contributed by atoms with van der Waals surface area (Å²) in [6.07, 6.45) is 0.821. The van der Waals surface area contributed by atoms with Crippen LogP contribution in [0.4, 0.5) is 5.69 Å². The van der Waals surface area contributed by atoms with Gasteiger partial charge in [0.25, 0.3) is 0 Å². The predicted octanol–water partition coefficient (Wildman–Crippen LogP) is 2.16. The van der Waals surface area contributed by atoms with Crippen LogP contribution in [-0.4, -0.2) is 25.0 Å². The van der Waals surface area contributed by atoms with E-state index in [1.165, 1.54) is 18.4 Å². The highest BCUT2D eigenvalue weighted by atomic mass is 32.1. The van der Waals surface area contributed by atoms with Crippen LogP contribution in [0, 0.1) is 12.8 Å². The van der Waals surface area contributed by atoms with Gasteiger partial charge in [0.1, 0.15) is 4.88 Å². The number of anilines is 1. The molecule has 6 heteroatoms. The second-order valence-corrected chi connectivity index (χ2v) is 5.39. The Morgan fingerprint density at radius 2 is 2.16 bits per heavy atom. The SMILES string of the molecule is CC[C@H](C)[C@H](N)C(=O)Nc1c(C)csc1C(=O)OC. The van der Waals surface area contributed by atoms with Crippen molar-refractivity contribution < 1.29 is 14.3 Å². The number of ether oxygens (including phenoxy) is 1. The summed E-state index contributed by atoms with van der Waals surface area (Å²) in [5, 5.41) is 4.54. The third-order valence-corrected chi connectivity index (χ3v) is 4.23. The number of carbonyl (C=O) groups is 2. The van der Waals surface area contributed by atoms with Gasteiger partial charge >= 0.3 is 5.97 Å². The maximum atomic E-state index is 12.0. The topological polar surface area (TPSA) is 81.4 Å². The van der Waals surface area contributed by atoms with E-state index in [2.05, 4.69) is 10.1 Å². The van der Waals surface area contributed by atoms with Crippen LogP contribution < -0.4 is 11.1 Å². The molecule has 1 rings (SSSR count). The van der Waals surface area contributed by atoms with E-state index in [1.54, 1.807) is 5.38 Å². The zero-order chi connectivity index (χ0) is 14.6. The van der Waals surface area contributed by atoms with E-state index >= 15 is 0 Å². The molecule has 0 aliphatic heterocycles. The lowest BCUT2D eigenvalue weighted by Crippen LogP contribution is -2.40. The molecule has 19 heavy (non-hydrogen) atoms. The normalized spacial score (nSPS) is 13.7. The highest BCUT2D eigenvalue weighted by Crippen LogP contribution is 2.28. The second kappa shape index (κ2) is 6.68. The zero-order valence-electron chi connectivity index (χ0n) is 11.6. The van der Waals surface area contributed by atoms with Crippen LogP contribution in [0.25, 0.3) is 0 Å². The van der Waals surface area contributed by atoms with E-state index in [9.17, 15) is 9.59 Å². The number of hydrogen-bond acceptors (Lipinski definition) is 5. The Bertz CT molecular complexity index is 470. The maximum Gasteiger partial charge on any atom is 0.350 e. The molecule has 1 aromatic heterocycles. The van der Waals surface area contributed by atoms with Crippen molar-refractivity contribution in [2.45, 2.75) is 33.2 Å². The summed E-state index contributed by atoms with van der Waals surface area (Å²) in [4.78, 5) is 24.0. The summed E-state index contributed by atoms with van der Waals surface area (Å²) in [6.45, 7) is 5.73. The third kappa shape index (κ3) is 3.54. The molecule has 0 unspecified atom stereocenters. The smallest absolute Gasteiger partial charge is 0.350 e. The number of thiophene rings is 1. The van der Waals surface area contributed by atoms with E-state index in [-0.39, 0.29) is 11.8 Å². The molecule has 0 saturated heterocycles.